The van der Waals surface area contributed by atoms with Gasteiger partial charge in [0.1, 0.15) is 0 Å². The third kappa shape index (κ3) is 2.43. The molecule has 0 aliphatic rings. The second kappa shape index (κ2) is 2.60. The number of rotatable bonds is 1. The first-order valence-electron chi connectivity index (χ1n) is 2.57. The predicted molar refractivity (Wildman–Crippen MR) is 37.0 cm³/mol. The molecule has 0 fully saturated rings. The van der Waals surface area contributed by atoms with Gasteiger partial charge in [-0.05, 0) is 27.8 Å². The molecule has 0 amide bonds. The third-order valence-corrected chi connectivity index (χ3v) is 2.22. The molecule has 8 heavy (non-hydrogen) atoms. The Kier molecular flexibility index (Phi) is 2.63. The van der Waals surface area contributed by atoms with Crippen molar-refractivity contribution in [2.75, 3.05) is 7.05 Å². The first kappa shape index (κ1) is 8.11. The van der Waals surface area contributed by atoms with Crippen LogP contribution in [0.2, 0.25) is 0 Å². The molecule has 0 aromatic carbocycles. The van der Waals surface area contributed by atoms with Crippen molar-refractivity contribution in [2.24, 2.45) is 0 Å². The summed E-state index contributed by atoms with van der Waals surface area (Å²) < 4.78 is 13.4. The first-order valence-corrected chi connectivity index (χ1v) is 3.72. The van der Waals surface area contributed by atoms with Gasteiger partial charge >= 0.3 is 0 Å². The summed E-state index contributed by atoms with van der Waals surface area (Å²) in [6.07, 6.45) is 0. The molecule has 1 N–H and O–H groups in total. The van der Waals surface area contributed by atoms with Crippen LogP contribution < -0.4 is 4.72 Å². The van der Waals surface area contributed by atoms with E-state index in [1.807, 2.05) is 20.8 Å². The third-order valence-electron chi connectivity index (χ3n) is 0.742. The Labute approximate surface area is 53.3 Å². The zero-order valence-electron chi connectivity index (χ0n) is 5.82. The van der Waals surface area contributed by atoms with Gasteiger partial charge in [0.15, 0.2) is 0 Å². The fourth-order valence-corrected chi connectivity index (χ4v) is 0.919. The molecule has 2 nitrogen and oxygen atoms in total. The summed E-state index contributed by atoms with van der Waals surface area (Å²) in [5.41, 5.74) is 0. The smallest absolute Gasteiger partial charge is 0.0967 e. The Hall–Kier alpha value is 0.110. The van der Waals surface area contributed by atoms with E-state index in [4.69, 9.17) is 0 Å². The van der Waals surface area contributed by atoms with E-state index in [0.717, 1.165) is 0 Å². The summed E-state index contributed by atoms with van der Waals surface area (Å²) in [4.78, 5) is 0. The molecule has 0 aromatic rings. The summed E-state index contributed by atoms with van der Waals surface area (Å²) in [6.45, 7) is 5.79. The van der Waals surface area contributed by atoms with Gasteiger partial charge in [0.25, 0.3) is 0 Å². The molecule has 0 spiro atoms. The largest absolute Gasteiger partial charge is 0.242 e. The maximum Gasteiger partial charge on any atom is 0.0967 e. The summed E-state index contributed by atoms with van der Waals surface area (Å²) in [5.74, 6) is 0. The van der Waals surface area contributed by atoms with E-state index in [1.54, 1.807) is 7.05 Å². The zero-order chi connectivity index (χ0) is 6.78. The predicted octanol–water partition coefficient (Wildman–Crippen LogP) is 0.668. The van der Waals surface area contributed by atoms with Crippen molar-refractivity contribution in [1.82, 2.24) is 4.72 Å². The summed E-state index contributed by atoms with van der Waals surface area (Å²) in [6, 6.07) is 0. The van der Waals surface area contributed by atoms with Gasteiger partial charge in [-0.25, -0.2) is 8.93 Å². The average Bonchev–Trinajstić information content (AvgIpc) is 1.62. The van der Waals surface area contributed by atoms with E-state index in [0.29, 0.717) is 0 Å². The van der Waals surface area contributed by atoms with Crippen molar-refractivity contribution in [1.29, 1.82) is 0 Å². The normalized spacial score (nSPS) is 16.0. The van der Waals surface area contributed by atoms with Crippen LogP contribution in [0.15, 0.2) is 0 Å². The minimum absolute atomic E-state index is 0.130. The first-order chi connectivity index (χ1) is 3.48. The van der Waals surface area contributed by atoms with Crippen LogP contribution >= 0.6 is 0 Å². The Morgan fingerprint density at radius 3 is 1.75 bits per heavy atom. The molecule has 0 aliphatic heterocycles. The van der Waals surface area contributed by atoms with Crippen molar-refractivity contribution in [3.63, 3.8) is 0 Å². The van der Waals surface area contributed by atoms with E-state index in [1.165, 1.54) is 0 Å². The molecule has 0 unspecified atom stereocenters. The maximum atomic E-state index is 10.8. The number of hydrogen-bond donors (Lipinski definition) is 1. The van der Waals surface area contributed by atoms with Gasteiger partial charge in [0.2, 0.25) is 0 Å². The SMILES string of the molecule is CN[S@](=O)C(C)(C)C. The van der Waals surface area contributed by atoms with Crippen molar-refractivity contribution in [3.05, 3.63) is 0 Å². The van der Waals surface area contributed by atoms with E-state index < -0.39 is 11.0 Å². The average molecular weight is 135 g/mol. The van der Waals surface area contributed by atoms with E-state index in [2.05, 4.69) is 4.72 Å². The summed E-state index contributed by atoms with van der Waals surface area (Å²) in [7, 11) is 0.802. The Balaban J connectivity index is 3.82. The van der Waals surface area contributed by atoms with Gasteiger partial charge < -0.3 is 0 Å². The molecule has 3 heteroatoms. The van der Waals surface area contributed by atoms with Crippen molar-refractivity contribution < 1.29 is 4.21 Å². The molecule has 0 radical (unpaired) electrons. The van der Waals surface area contributed by atoms with Crippen LogP contribution in [0.3, 0.4) is 0 Å². The second-order valence-electron chi connectivity index (χ2n) is 2.59. The van der Waals surface area contributed by atoms with Gasteiger partial charge in [0.05, 0.1) is 15.7 Å². The van der Waals surface area contributed by atoms with Crippen LogP contribution in [0.5, 0.6) is 0 Å². The quantitative estimate of drug-likeness (QED) is 0.562. The maximum absolute atomic E-state index is 10.8. The molecule has 0 aliphatic carbocycles. The molecule has 0 rings (SSSR count). The number of nitrogens with one attached hydrogen (secondary N) is 1. The molecule has 50 valence electrons. The lowest BCUT2D eigenvalue weighted by molar-refractivity contribution is 0.642. The summed E-state index contributed by atoms with van der Waals surface area (Å²) >= 11 is 0. The fourth-order valence-electron chi connectivity index (χ4n) is 0.306. The highest BCUT2D eigenvalue weighted by atomic mass is 32.2. The molecule has 0 bridgehead atoms. The van der Waals surface area contributed by atoms with Crippen LogP contribution in [-0.4, -0.2) is 16.0 Å². The molecule has 0 saturated heterocycles. The standard InChI is InChI=1S/C5H13NOS/c1-5(2,3)8(7)6-4/h6H,1-4H3/t8-/m1/s1. The van der Waals surface area contributed by atoms with Gasteiger partial charge in [-0.15, -0.1) is 0 Å². The minimum Gasteiger partial charge on any atom is -0.242 e. The molecule has 0 aromatic heterocycles. The monoisotopic (exact) mass is 135 g/mol. The lowest BCUT2D eigenvalue weighted by atomic mass is 10.3. The highest BCUT2D eigenvalue weighted by Gasteiger charge is 2.16. The highest BCUT2D eigenvalue weighted by Crippen LogP contribution is 2.06. The second-order valence-corrected chi connectivity index (χ2v) is 4.76. The highest BCUT2D eigenvalue weighted by molar-refractivity contribution is 7.84. The van der Waals surface area contributed by atoms with E-state index in [9.17, 15) is 4.21 Å². The van der Waals surface area contributed by atoms with Crippen LogP contribution in [0.25, 0.3) is 0 Å². The van der Waals surface area contributed by atoms with E-state index >= 15 is 0 Å². The Bertz CT molecular complexity index is 95.1. The summed E-state index contributed by atoms with van der Waals surface area (Å²) in [5, 5.41) is 0. The molecule has 1 atom stereocenters. The lowest BCUT2D eigenvalue weighted by Gasteiger charge is -2.15. The fraction of sp³-hybridized carbons (Fsp3) is 1.00. The van der Waals surface area contributed by atoms with Gasteiger partial charge in [0, 0.05) is 0 Å². The van der Waals surface area contributed by atoms with Gasteiger partial charge in [-0.3, -0.25) is 0 Å². The van der Waals surface area contributed by atoms with Crippen LogP contribution in [0, 0.1) is 0 Å². The molecular weight excluding hydrogens is 122 g/mol. The molecular formula is C5H13NOS. The van der Waals surface area contributed by atoms with Crippen molar-refractivity contribution >= 4 is 11.0 Å². The van der Waals surface area contributed by atoms with Crippen LogP contribution in [0.1, 0.15) is 20.8 Å². The minimum atomic E-state index is -0.894. The van der Waals surface area contributed by atoms with Crippen molar-refractivity contribution in [3.8, 4) is 0 Å². The van der Waals surface area contributed by atoms with Gasteiger partial charge in [-0.2, -0.15) is 0 Å². The molecule has 0 heterocycles. The number of hydrogen-bond acceptors (Lipinski definition) is 1. The Morgan fingerprint density at radius 2 is 1.75 bits per heavy atom. The zero-order valence-corrected chi connectivity index (χ0v) is 6.63. The van der Waals surface area contributed by atoms with Crippen LogP contribution in [-0.2, 0) is 11.0 Å². The lowest BCUT2D eigenvalue weighted by Crippen LogP contribution is -2.30. The van der Waals surface area contributed by atoms with E-state index in [-0.39, 0.29) is 4.75 Å². The van der Waals surface area contributed by atoms with Gasteiger partial charge in [-0.1, -0.05) is 0 Å². The molecule has 0 saturated carbocycles. The van der Waals surface area contributed by atoms with Crippen molar-refractivity contribution in [2.45, 2.75) is 25.5 Å². The van der Waals surface area contributed by atoms with Crippen LogP contribution in [0.4, 0.5) is 0 Å². The Morgan fingerprint density at radius 1 is 1.38 bits per heavy atom. The topological polar surface area (TPSA) is 29.1 Å².